The Morgan fingerprint density at radius 3 is 2.38 bits per heavy atom. The molecule has 0 aliphatic heterocycles. The molecule has 0 radical (unpaired) electrons. The zero-order valence-electron chi connectivity index (χ0n) is 8.68. The molecular formula is C11H16OS. The first-order valence-electron chi connectivity index (χ1n) is 4.48. The van der Waals surface area contributed by atoms with Crippen molar-refractivity contribution in [1.82, 2.24) is 0 Å². The average molecular weight is 196 g/mol. The van der Waals surface area contributed by atoms with E-state index in [0.717, 1.165) is 4.88 Å². The predicted molar refractivity (Wildman–Crippen MR) is 57.5 cm³/mol. The van der Waals surface area contributed by atoms with E-state index >= 15 is 0 Å². The lowest BCUT2D eigenvalue weighted by molar-refractivity contribution is 0.0944. The summed E-state index contributed by atoms with van der Waals surface area (Å²) >= 11 is 1.59. The zero-order valence-corrected chi connectivity index (χ0v) is 9.49. The van der Waals surface area contributed by atoms with Crippen LogP contribution in [0.2, 0.25) is 0 Å². The van der Waals surface area contributed by atoms with Crippen molar-refractivity contribution in [3.63, 3.8) is 0 Å². The third kappa shape index (κ3) is 3.31. The lowest BCUT2D eigenvalue weighted by atomic mass is 9.90. The molecule has 0 amide bonds. The number of Topliss-reactive ketones (excluding diaryl/α,β-unsaturated/α-hetero) is 1. The fraction of sp³-hybridized carbons (Fsp3) is 0.545. The third-order valence-corrected chi connectivity index (χ3v) is 2.75. The molecule has 1 heterocycles. The quantitative estimate of drug-likeness (QED) is 0.659. The van der Waals surface area contributed by atoms with Crippen LogP contribution in [-0.2, 0) is 0 Å². The van der Waals surface area contributed by atoms with Gasteiger partial charge in [0.2, 0.25) is 0 Å². The van der Waals surface area contributed by atoms with Gasteiger partial charge < -0.3 is 0 Å². The Morgan fingerprint density at radius 1 is 1.38 bits per heavy atom. The van der Waals surface area contributed by atoms with E-state index in [2.05, 4.69) is 20.8 Å². The number of carbonyl (C=O) groups is 1. The van der Waals surface area contributed by atoms with Gasteiger partial charge in [0.25, 0.3) is 0 Å². The van der Waals surface area contributed by atoms with Gasteiger partial charge in [-0.05, 0) is 24.5 Å². The van der Waals surface area contributed by atoms with Gasteiger partial charge in [0.05, 0.1) is 4.88 Å². The SMILES string of the molecule is Cc1ccc(C(=O)CC(C)(C)C)s1. The smallest absolute Gasteiger partial charge is 0.173 e. The van der Waals surface area contributed by atoms with Gasteiger partial charge in [-0.15, -0.1) is 11.3 Å². The Hall–Kier alpha value is -0.630. The largest absolute Gasteiger partial charge is 0.293 e. The number of carbonyl (C=O) groups excluding carboxylic acids is 1. The molecule has 0 atom stereocenters. The van der Waals surface area contributed by atoms with Crippen LogP contribution in [0.15, 0.2) is 12.1 Å². The standard InChI is InChI=1S/C11H16OS/c1-8-5-6-10(13-8)9(12)7-11(2,3)4/h5-6H,7H2,1-4H3. The van der Waals surface area contributed by atoms with Crippen LogP contribution in [0.25, 0.3) is 0 Å². The highest BCUT2D eigenvalue weighted by Gasteiger charge is 2.17. The maximum atomic E-state index is 11.7. The van der Waals surface area contributed by atoms with Gasteiger partial charge in [0, 0.05) is 11.3 Å². The van der Waals surface area contributed by atoms with Gasteiger partial charge in [-0.25, -0.2) is 0 Å². The molecule has 0 saturated carbocycles. The number of aryl methyl sites for hydroxylation is 1. The van der Waals surface area contributed by atoms with E-state index < -0.39 is 0 Å². The van der Waals surface area contributed by atoms with Crippen LogP contribution in [0, 0.1) is 12.3 Å². The average Bonchev–Trinajstić information content (AvgIpc) is 2.31. The summed E-state index contributed by atoms with van der Waals surface area (Å²) in [4.78, 5) is 13.8. The minimum atomic E-state index is 0.0922. The van der Waals surface area contributed by atoms with Crippen LogP contribution in [-0.4, -0.2) is 5.78 Å². The van der Waals surface area contributed by atoms with E-state index in [1.807, 2.05) is 19.1 Å². The number of rotatable bonds is 2. The Morgan fingerprint density at radius 2 is 2.00 bits per heavy atom. The molecule has 2 heteroatoms. The highest BCUT2D eigenvalue weighted by molar-refractivity contribution is 7.14. The van der Waals surface area contributed by atoms with Crippen LogP contribution < -0.4 is 0 Å². The van der Waals surface area contributed by atoms with Crippen molar-refractivity contribution >= 4 is 17.1 Å². The Labute approximate surface area is 83.8 Å². The second-order valence-electron chi connectivity index (χ2n) is 4.57. The number of hydrogen-bond acceptors (Lipinski definition) is 2. The summed E-state index contributed by atoms with van der Waals surface area (Å²) in [6.45, 7) is 8.29. The summed E-state index contributed by atoms with van der Waals surface area (Å²) in [5, 5.41) is 0. The zero-order chi connectivity index (χ0) is 10.1. The first-order valence-corrected chi connectivity index (χ1v) is 5.30. The molecule has 0 aromatic carbocycles. The normalized spacial score (nSPS) is 11.7. The molecule has 0 aliphatic rings. The van der Waals surface area contributed by atoms with Crippen LogP contribution in [0.1, 0.15) is 41.7 Å². The number of thiophene rings is 1. The van der Waals surface area contributed by atoms with E-state index in [4.69, 9.17) is 0 Å². The van der Waals surface area contributed by atoms with Gasteiger partial charge in [-0.1, -0.05) is 20.8 Å². The summed E-state index contributed by atoms with van der Waals surface area (Å²) in [6.07, 6.45) is 0.632. The first-order chi connectivity index (χ1) is 5.88. The monoisotopic (exact) mass is 196 g/mol. The molecule has 1 aromatic heterocycles. The molecule has 0 unspecified atom stereocenters. The fourth-order valence-electron chi connectivity index (χ4n) is 1.15. The molecule has 0 fully saturated rings. The summed E-state index contributed by atoms with van der Waals surface area (Å²) in [7, 11) is 0. The van der Waals surface area contributed by atoms with Gasteiger partial charge in [-0.2, -0.15) is 0 Å². The molecule has 0 aliphatic carbocycles. The van der Waals surface area contributed by atoms with E-state index in [9.17, 15) is 4.79 Å². The van der Waals surface area contributed by atoms with Gasteiger partial charge >= 0.3 is 0 Å². The molecule has 1 rings (SSSR count). The molecule has 0 N–H and O–H groups in total. The van der Waals surface area contributed by atoms with Crippen LogP contribution >= 0.6 is 11.3 Å². The summed E-state index contributed by atoms with van der Waals surface area (Å²) < 4.78 is 0. The van der Waals surface area contributed by atoms with Crippen molar-refractivity contribution in [3.8, 4) is 0 Å². The molecule has 72 valence electrons. The minimum Gasteiger partial charge on any atom is -0.293 e. The third-order valence-electron chi connectivity index (χ3n) is 1.71. The van der Waals surface area contributed by atoms with Crippen molar-refractivity contribution < 1.29 is 4.79 Å². The Kier molecular flexibility index (Phi) is 2.91. The highest BCUT2D eigenvalue weighted by atomic mass is 32.1. The molecular weight excluding hydrogens is 180 g/mol. The minimum absolute atomic E-state index is 0.0922. The van der Waals surface area contributed by atoms with E-state index in [-0.39, 0.29) is 11.2 Å². The molecule has 0 bridgehead atoms. The summed E-state index contributed by atoms with van der Waals surface area (Å²) in [5.41, 5.74) is 0.0922. The first kappa shape index (κ1) is 10.5. The maximum Gasteiger partial charge on any atom is 0.173 e. The predicted octanol–water partition coefficient (Wildman–Crippen LogP) is 3.68. The Bertz CT molecular complexity index is 304. The van der Waals surface area contributed by atoms with Crippen molar-refractivity contribution in [3.05, 3.63) is 21.9 Å². The molecule has 1 aromatic rings. The lowest BCUT2D eigenvalue weighted by Crippen LogP contribution is -2.11. The molecule has 0 saturated heterocycles. The van der Waals surface area contributed by atoms with Crippen LogP contribution in [0.3, 0.4) is 0 Å². The second kappa shape index (κ2) is 3.62. The van der Waals surface area contributed by atoms with Crippen molar-refractivity contribution in [2.45, 2.75) is 34.1 Å². The van der Waals surface area contributed by atoms with Crippen LogP contribution in [0.4, 0.5) is 0 Å². The van der Waals surface area contributed by atoms with Crippen molar-refractivity contribution in [2.75, 3.05) is 0 Å². The second-order valence-corrected chi connectivity index (χ2v) is 5.86. The van der Waals surface area contributed by atoms with Crippen molar-refractivity contribution in [2.24, 2.45) is 5.41 Å². The maximum absolute atomic E-state index is 11.7. The Balaban J connectivity index is 2.70. The van der Waals surface area contributed by atoms with Gasteiger partial charge in [0.1, 0.15) is 0 Å². The summed E-state index contributed by atoms with van der Waals surface area (Å²) in [6, 6.07) is 3.93. The van der Waals surface area contributed by atoms with E-state index in [1.165, 1.54) is 4.88 Å². The van der Waals surface area contributed by atoms with Crippen molar-refractivity contribution in [1.29, 1.82) is 0 Å². The number of hydrogen-bond donors (Lipinski definition) is 0. The lowest BCUT2D eigenvalue weighted by Gasteiger charge is -2.15. The van der Waals surface area contributed by atoms with Gasteiger partial charge in [0.15, 0.2) is 5.78 Å². The van der Waals surface area contributed by atoms with E-state index in [1.54, 1.807) is 11.3 Å². The summed E-state index contributed by atoms with van der Waals surface area (Å²) in [5.74, 6) is 0.269. The topological polar surface area (TPSA) is 17.1 Å². The van der Waals surface area contributed by atoms with Gasteiger partial charge in [-0.3, -0.25) is 4.79 Å². The van der Waals surface area contributed by atoms with E-state index in [0.29, 0.717) is 6.42 Å². The van der Waals surface area contributed by atoms with Crippen LogP contribution in [0.5, 0.6) is 0 Å². The number of ketones is 1. The highest BCUT2D eigenvalue weighted by Crippen LogP contribution is 2.24. The molecule has 1 nitrogen and oxygen atoms in total. The molecule has 13 heavy (non-hydrogen) atoms. The molecule has 0 spiro atoms. The fourth-order valence-corrected chi connectivity index (χ4v) is 1.96.